The Morgan fingerprint density at radius 3 is 2.63 bits per heavy atom. The lowest BCUT2D eigenvalue weighted by atomic mass is 10.0. The van der Waals surface area contributed by atoms with Crippen molar-refractivity contribution in [3.63, 3.8) is 0 Å². The van der Waals surface area contributed by atoms with Gasteiger partial charge in [0.25, 0.3) is 0 Å². The van der Waals surface area contributed by atoms with Gasteiger partial charge >= 0.3 is 6.18 Å². The van der Waals surface area contributed by atoms with Crippen molar-refractivity contribution in [3.05, 3.63) is 53.7 Å². The van der Waals surface area contributed by atoms with Gasteiger partial charge < -0.3 is 15.1 Å². The van der Waals surface area contributed by atoms with Crippen LogP contribution in [0.5, 0.6) is 0 Å². The minimum absolute atomic E-state index is 0.0806. The van der Waals surface area contributed by atoms with Gasteiger partial charge in [-0.2, -0.15) is 13.2 Å². The average molecular weight is 382 g/mol. The van der Waals surface area contributed by atoms with Crippen molar-refractivity contribution in [2.75, 3.05) is 0 Å². The zero-order chi connectivity index (χ0) is 19.6. The summed E-state index contributed by atoms with van der Waals surface area (Å²) in [6.07, 6.45) is -2.47. The molecule has 0 spiro atoms. The number of amides is 2. The number of alkyl halides is 3. The molecule has 2 heterocycles. The molecular formula is C17H17F3N4O3. The van der Waals surface area contributed by atoms with E-state index in [0.717, 1.165) is 12.1 Å². The predicted molar refractivity (Wildman–Crippen MR) is 86.9 cm³/mol. The van der Waals surface area contributed by atoms with Crippen molar-refractivity contribution >= 4 is 11.8 Å². The molecule has 3 atom stereocenters. The fraction of sp³-hybridized carbons (Fsp3) is 0.353. The summed E-state index contributed by atoms with van der Waals surface area (Å²) in [5, 5.41) is 8.24. The Hall–Kier alpha value is -2.88. The Kier molecular flexibility index (Phi) is 5.17. The Balaban J connectivity index is 1.64. The Morgan fingerprint density at radius 2 is 2.04 bits per heavy atom. The number of carbonyl (C=O) groups excluding carboxylic acids is 2. The maximum atomic E-state index is 12.6. The molecule has 3 N–H and O–H groups in total. The number of rotatable bonds is 4. The summed E-state index contributed by atoms with van der Waals surface area (Å²) >= 11 is 0. The SMILES string of the molecule is C[C@@H](NC(=O)C1CC(=O)NC(c2ncco2)N1)c1ccc(C(F)(F)F)cc1. The van der Waals surface area contributed by atoms with Gasteiger partial charge in [0.15, 0.2) is 6.17 Å². The number of halogens is 3. The summed E-state index contributed by atoms with van der Waals surface area (Å²) < 4.78 is 43.0. The van der Waals surface area contributed by atoms with E-state index in [1.54, 1.807) is 6.92 Å². The fourth-order valence-electron chi connectivity index (χ4n) is 2.74. The molecule has 10 heteroatoms. The van der Waals surface area contributed by atoms with Crippen LogP contribution in [-0.2, 0) is 15.8 Å². The molecule has 2 aromatic rings. The van der Waals surface area contributed by atoms with E-state index in [1.807, 2.05) is 0 Å². The molecule has 27 heavy (non-hydrogen) atoms. The zero-order valence-electron chi connectivity index (χ0n) is 14.2. The molecule has 0 aliphatic carbocycles. The number of benzene rings is 1. The first-order chi connectivity index (χ1) is 12.7. The van der Waals surface area contributed by atoms with E-state index in [0.29, 0.717) is 5.56 Å². The number of nitrogens with zero attached hydrogens (tertiary/aromatic N) is 1. The van der Waals surface area contributed by atoms with Crippen molar-refractivity contribution < 1.29 is 27.2 Å². The van der Waals surface area contributed by atoms with Crippen LogP contribution in [0.4, 0.5) is 13.2 Å². The number of oxazole rings is 1. The van der Waals surface area contributed by atoms with Gasteiger partial charge in [-0.25, -0.2) is 4.98 Å². The first kappa shape index (κ1) is 18.9. The molecule has 2 amide bonds. The van der Waals surface area contributed by atoms with Gasteiger partial charge in [-0.05, 0) is 24.6 Å². The smallest absolute Gasteiger partial charge is 0.416 e. The second-order valence-electron chi connectivity index (χ2n) is 6.14. The molecule has 3 rings (SSSR count). The van der Waals surface area contributed by atoms with Gasteiger partial charge in [-0.1, -0.05) is 12.1 Å². The molecule has 0 radical (unpaired) electrons. The largest absolute Gasteiger partial charge is 0.445 e. The van der Waals surface area contributed by atoms with Gasteiger partial charge in [0.1, 0.15) is 6.26 Å². The van der Waals surface area contributed by atoms with E-state index in [9.17, 15) is 22.8 Å². The lowest BCUT2D eigenvalue weighted by Gasteiger charge is -2.29. The Labute approximate surface area is 152 Å². The third kappa shape index (κ3) is 4.45. The molecule has 1 fully saturated rings. The van der Waals surface area contributed by atoms with Crippen molar-refractivity contribution in [2.45, 2.75) is 37.8 Å². The number of hydrogen-bond acceptors (Lipinski definition) is 5. The van der Waals surface area contributed by atoms with Gasteiger partial charge in [0, 0.05) is 0 Å². The molecule has 1 aromatic heterocycles. The van der Waals surface area contributed by atoms with E-state index in [4.69, 9.17) is 4.42 Å². The first-order valence-electron chi connectivity index (χ1n) is 8.16. The van der Waals surface area contributed by atoms with Crippen LogP contribution in [0.2, 0.25) is 0 Å². The molecule has 1 saturated heterocycles. The van der Waals surface area contributed by atoms with Crippen molar-refractivity contribution in [2.24, 2.45) is 0 Å². The summed E-state index contributed by atoms with van der Waals surface area (Å²) in [6, 6.07) is 3.18. The molecule has 1 aliphatic rings. The van der Waals surface area contributed by atoms with Crippen molar-refractivity contribution in [3.8, 4) is 0 Å². The fourth-order valence-corrected chi connectivity index (χ4v) is 2.74. The monoisotopic (exact) mass is 382 g/mol. The summed E-state index contributed by atoms with van der Waals surface area (Å²) in [6.45, 7) is 1.65. The highest BCUT2D eigenvalue weighted by Crippen LogP contribution is 2.30. The topological polar surface area (TPSA) is 96.3 Å². The van der Waals surface area contributed by atoms with E-state index < -0.39 is 35.9 Å². The van der Waals surface area contributed by atoms with Crippen molar-refractivity contribution in [1.82, 2.24) is 20.9 Å². The molecule has 2 unspecified atom stereocenters. The van der Waals surface area contributed by atoms with Crippen LogP contribution in [0.25, 0.3) is 0 Å². The van der Waals surface area contributed by atoms with Gasteiger partial charge in [-0.15, -0.1) is 0 Å². The zero-order valence-corrected chi connectivity index (χ0v) is 14.2. The van der Waals surface area contributed by atoms with E-state index in [-0.39, 0.29) is 18.2 Å². The molecular weight excluding hydrogens is 365 g/mol. The molecule has 0 bridgehead atoms. The molecule has 7 nitrogen and oxygen atoms in total. The van der Waals surface area contributed by atoms with Crippen LogP contribution < -0.4 is 16.0 Å². The summed E-state index contributed by atoms with van der Waals surface area (Å²) in [7, 11) is 0. The highest BCUT2D eigenvalue weighted by Gasteiger charge is 2.34. The second-order valence-corrected chi connectivity index (χ2v) is 6.14. The predicted octanol–water partition coefficient (Wildman–Crippen LogP) is 2.05. The van der Waals surface area contributed by atoms with Gasteiger partial charge in [-0.3, -0.25) is 14.9 Å². The summed E-state index contributed by atoms with van der Waals surface area (Å²) in [4.78, 5) is 28.3. The van der Waals surface area contributed by atoms with E-state index >= 15 is 0 Å². The third-order valence-electron chi connectivity index (χ3n) is 4.17. The van der Waals surface area contributed by atoms with Gasteiger partial charge in [0.05, 0.1) is 30.3 Å². The summed E-state index contributed by atoms with van der Waals surface area (Å²) in [5.74, 6) is -0.579. The molecule has 1 aliphatic heterocycles. The normalized spacial score (nSPS) is 21.4. The molecule has 144 valence electrons. The highest BCUT2D eigenvalue weighted by atomic mass is 19.4. The number of nitrogens with one attached hydrogen (secondary N) is 3. The first-order valence-corrected chi connectivity index (χ1v) is 8.16. The van der Waals surface area contributed by atoms with Crippen LogP contribution in [0.1, 0.15) is 42.6 Å². The second kappa shape index (κ2) is 7.39. The number of aromatic nitrogens is 1. The lowest BCUT2D eigenvalue weighted by Crippen LogP contribution is -2.56. The van der Waals surface area contributed by atoms with E-state index in [2.05, 4.69) is 20.9 Å². The standard InChI is InChI=1S/C17H17F3N4O3/c1-9(10-2-4-11(5-3-10)17(18,19)20)22-15(26)12-8-13(25)24-14(23-12)16-21-6-7-27-16/h2-7,9,12,14,23H,8H2,1H3,(H,22,26)(H,24,25)/t9-,12?,14?/m1/s1. The highest BCUT2D eigenvalue weighted by molar-refractivity contribution is 5.89. The molecule has 0 saturated carbocycles. The lowest BCUT2D eigenvalue weighted by molar-refractivity contribution is -0.137. The number of carbonyl (C=O) groups is 2. The van der Waals surface area contributed by atoms with Crippen LogP contribution in [-0.4, -0.2) is 22.8 Å². The Bertz CT molecular complexity index is 806. The van der Waals surface area contributed by atoms with Crippen LogP contribution in [0, 0.1) is 0 Å². The average Bonchev–Trinajstić information content (AvgIpc) is 3.15. The quantitative estimate of drug-likeness (QED) is 0.752. The Morgan fingerprint density at radius 1 is 1.33 bits per heavy atom. The summed E-state index contributed by atoms with van der Waals surface area (Å²) in [5.41, 5.74) is -0.245. The number of hydrogen-bond donors (Lipinski definition) is 3. The van der Waals surface area contributed by atoms with E-state index in [1.165, 1.54) is 24.6 Å². The maximum absolute atomic E-state index is 12.6. The minimum atomic E-state index is -4.42. The van der Waals surface area contributed by atoms with Gasteiger partial charge in [0.2, 0.25) is 17.7 Å². The van der Waals surface area contributed by atoms with Crippen molar-refractivity contribution in [1.29, 1.82) is 0 Å². The van der Waals surface area contributed by atoms with Crippen LogP contribution >= 0.6 is 0 Å². The molecule has 1 aromatic carbocycles. The maximum Gasteiger partial charge on any atom is 0.416 e. The third-order valence-corrected chi connectivity index (χ3v) is 4.17. The van der Waals surface area contributed by atoms with Crippen LogP contribution in [0.3, 0.4) is 0 Å². The minimum Gasteiger partial charge on any atom is -0.445 e. The van der Waals surface area contributed by atoms with Crippen LogP contribution in [0.15, 0.2) is 41.1 Å².